The maximum Gasteiger partial charge on any atom is 0.316 e. The van der Waals surface area contributed by atoms with Crippen LogP contribution in [0.3, 0.4) is 0 Å². The number of amides is 1. The number of hydrogen-bond acceptors (Lipinski definition) is 9. The number of pyridine rings is 1. The van der Waals surface area contributed by atoms with E-state index in [1.54, 1.807) is 48.8 Å². The van der Waals surface area contributed by atoms with E-state index in [-0.39, 0.29) is 38.5 Å². The van der Waals surface area contributed by atoms with E-state index in [1.165, 1.54) is 46.3 Å². The summed E-state index contributed by atoms with van der Waals surface area (Å²) in [6.07, 6.45) is 12.4. The van der Waals surface area contributed by atoms with Gasteiger partial charge in [-0.05, 0) is 18.1 Å². The summed E-state index contributed by atoms with van der Waals surface area (Å²) in [5.41, 5.74) is -0.574. The molecule has 1 aliphatic heterocycles. The van der Waals surface area contributed by atoms with Crippen molar-refractivity contribution in [3.8, 4) is 11.8 Å². The van der Waals surface area contributed by atoms with Gasteiger partial charge < -0.3 is 28.6 Å². The molecule has 2 unspecified atom stereocenters. The predicted molar refractivity (Wildman–Crippen MR) is 132 cm³/mol. The monoisotopic (exact) mass is 502 g/mol. The van der Waals surface area contributed by atoms with Crippen molar-refractivity contribution in [3.63, 3.8) is 0 Å². The Morgan fingerprint density at radius 3 is 2.39 bits per heavy atom. The van der Waals surface area contributed by atoms with Crippen LogP contribution in [0.4, 0.5) is 0 Å². The molecule has 1 saturated carbocycles. The normalized spacial score (nSPS) is 21.8. The topological polar surface area (TPSA) is 105 Å². The van der Waals surface area contributed by atoms with Crippen LogP contribution in [0.15, 0.2) is 36.8 Å². The molecule has 1 amide bonds. The van der Waals surface area contributed by atoms with Gasteiger partial charge in [-0.25, -0.2) is 9.97 Å². The van der Waals surface area contributed by atoms with Gasteiger partial charge in [0.15, 0.2) is 5.60 Å². The highest BCUT2D eigenvalue weighted by atomic mass is 16.7. The average Bonchev–Trinajstić information content (AvgIpc) is 2.92. The Morgan fingerprint density at radius 1 is 1.03 bits per heavy atom. The van der Waals surface area contributed by atoms with Crippen LogP contribution in [0.1, 0.15) is 44.7 Å². The summed E-state index contributed by atoms with van der Waals surface area (Å²) in [4.78, 5) is 27.1. The van der Waals surface area contributed by atoms with Crippen molar-refractivity contribution < 1.29 is 28.5 Å². The number of rotatable bonds is 11. The van der Waals surface area contributed by atoms with E-state index in [0.29, 0.717) is 11.4 Å². The lowest BCUT2D eigenvalue weighted by molar-refractivity contribution is -0.236. The molecule has 0 spiro atoms. The number of methoxy groups -OCH3 is 3. The van der Waals surface area contributed by atoms with E-state index < -0.39 is 11.6 Å². The van der Waals surface area contributed by atoms with Gasteiger partial charge in [-0.15, -0.1) is 0 Å². The third kappa shape index (κ3) is 7.11. The van der Waals surface area contributed by atoms with Gasteiger partial charge in [-0.2, -0.15) is 0 Å². The maximum absolute atomic E-state index is 13.1. The van der Waals surface area contributed by atoms with Gasteiger partial charge in [-0.1, -0.05) is 39.0 Å². The highest BCUT2D eigenvalue weighted by Crippen LogP contribution is 2.38. The molecular formula is C26H38N4O6. The second-order valence-corrected chi connectivity index (χ2v) is 9.10. The first-order chi connectivity index (χ1) is 17.5. The number of hydrogen-bond donors (Lipinski definition) is 0. The quantitative estimate of drug-likeness (QED) is 0.338. The Kier molecular flexibility index (Phi) is 10.8. The van der Waals surface area contributed by atoms with E-state index >= 15 is 0 Å². The molecule has 1 saturated heterocycles. The molecule has 198 valence electrons. The summed E-state index contributed by atoms with van der Waals surface area (Å²) in [6, 6.07) is 4.95. The fourth-order valence-electron chi connectivity index (χ4n) is 4.56. The number of ether oxygens (including phenoxy) is 5. The average molecular weight is 503 g/mol. The zero-order valence-electron chi connectivity index (χ0n) is 21.7. The first kappa shape index (κ1) is 27.8. The van der Waals surface area contributed by atoms with Crippen LogP contribution < -0.4 is 9.47 Å². The minimum Gasteiger partial charge on any atom is -0.497 e. The Balaban J connectivity index is 0.000000444. The third-order valence-electron chi connectivity index (χ3n) is 6.51. The molecule has 3 heterocycles. The number of nitrogens with zero attached hydrogens (tertiary/aromatic N) is 4. The van der Waals surface area contributed by atoms with Gasteiger partial charge in [0.2, 0.25) is 0 Å². The fraction of sp³-hybridized carbons (Fsp3) is 0.615. The summed E-state index contributed by atoms with van der Waals surface area (Å²) < 4.78 is 27.1. The zero-order chi connectivity index (χ0) is 25.8. The van der Waals surface area contributed by atoms with E-state index in [4.69, 9.17) is 23.7 Å². The summed E-state index contributed by atoms with van der Waals surface area (Å²) in [5.74, 6) is 1.44. The van der Waals surface area contributed by atoms with E-state index in [0.717, 1.165) is 5.92 Å². The SMILES string of the molecule is CC1CCCCC1.COCOC1(Cc2cc(OC)ccn2)C(=O)N(COC)C1COc1ncccn1. The van der Waals surface area contributed by atoms with Gasteiger partial charge in [0, 0.05) is 51.0 Å². The molecule has 2 aromatic heterocycles. The molecule has 1 aliphatic carbocycles. The molecule has 10 heteroatoms. The lowest BCUT2D eigenvalue weighted by Gasteiger charge is -2.54. The molecule has 36 heavy (non-hydrogen) atoms. The minimum atomic E-state index is -1.22. The van der Waals surface area contributed by atoms with E-state index in [9.17, 15) is 4.79 Å². The Bertz CT molecular complexity index is 928. The van der Waals surface area contributed by atoms with Gasteiger partial charge in [0.05, 0.1) is 7.11 Å². The standard InChI is InChI=1S/C19H24N4O6.C7H14/c1-25-12-23-16(11-28-18-21-6-4-7-22-18)19(17(23)24,29-13-26-2)10-14-9-15(27-3)5-8-20-14;1-7-5-3-2-4-6-7/h4-9,16H,10-13H2,1-3H3;7H,2-6H2,1H3. The number of carbonyl (C=O) groups excluding carboxylic acids is 1. The van der Waals surface area contributed by atoms with Crippen molar-refractivity contribution in [3.05, 3.63) is 42.5 Å². The lowest BCUT2D eigenvalue weighted by Crippen LogP contribution is -2.77. The van der Waals surface area contributed by atoms with Gasteiger partial charge in [0.1, 0.15) is 31.9 Å². The van der Waals surface area contributed by atoms with E-state index in [2.05, 4.69) is 21.9 Å². The summed E-state index contributed by atoms with van der Waals surface area (Å²) in [7, 11) is 4.59. The molecule has 2 aromatic rings. The second-order valence-electron chi connectivity index (χ2n) is 9.10. The molecule has 0 N–H and O–H groups in total. The molecule has 4 rings (SSSR count). The second kappa shape index (κ2) is 14.1. The minimum absolute atomic E-state index is 0.0606. The first-order valence-corrected chi connectivity index (χ1v) is 12.4. The molecular weight excluding hydrogens is 464 g/mol. The Hall–Kier alpha value is -2.82. The number of carbonyl (C=O) groups is 1. The summed E-state index contributed by atoms with van der Waals surface area (Å²) in [6.45, 7) is 2.52. The Morgan fingerprint density at radius 2 is 1.78 bits per heavy atom. The van der Waals surface area contributed by atoms with Crippen molar-refractivity contribution in [1.82, 2.24) is 19.9 Å². The van der Waals surface area contributed by atoms with Crippen molar-refractivity contribution in [2.75, 3.05) is 41.5 Å². The Labute approximate surface area is 213 Å². The molecule has 2 aliphatic rings. The molecule has 0 radical (unpaired) electrons. The van der Waals surface area contributed by atoms with Gasteiger partial charge >= 0.3 is 6.01 Å². The van der Waals surface area contributed by atoms with E-state index in [1.807, 2.05) is 0 Å². The fourth-order valence-corrected chi connectivity index (χ4v) is 4.56. The maximum atomic E-state index is 13.1. The van der Waals surface area contributed by atoms with Crippen LogP contribution in [0.2, 0.25) is 0 Å². The van der Waals surface area contributed by atoms with Crippen LogP contribution in [-0.2, 0) is 25.4 Å². The molecule has 10 nitrogen and oxygen atoms in total. The van der Waals surface area contributed by atoms with Crippen LogP contribution in [0.5, 0.6) is 11.8 Å². The lowest BCUT2D eigenvalue weighted by atomic mass is 9.78. The van der Waals surface area contributed by atoms with Gasteiger partial charge in [-0.3, -0.25) is 9.78 Å². The highest BCUT2D eigenvalue weighted by Gasteiger charge is 2.62. The molecule has 2 fully saturated rings. The largest absolute Gasteiger partial charge is 0.497 e. The first-order valence-electron chi connectivity index (χ1n) is 12.4. The van der Waals surface area contributed by atoms with Crippen LogP contribution in [0.25, 0.3) is 0 Å². The van der Waals surface area contributed by atoms with Crippen molar-refractivity contribution in [2.45, 2.75) is 57.1 Å². The summed E-state index contributed by atoms with van der Waals surface area (Å²) >= 11 is 0. The number of β-lactam (4-membered cyclic amide) rings is 1. The van der Waals surface area contributed by atoms with Crippen molar-refractivity contribution >= 4 is 5.91 Å². The number of aromatic nitrogens is 3. The van der Waals surface area contributed by atoms with Crippen LogP contribution >= 0.6 is 0 Å². The highest BCUT2D eigenvalue weighted by molar-refractivity contribution is 5.93. The predicted octanol–water partition coefficient (Wildman–Crippen LogP) is 3.26. The molecule has 0 aromatic carbocycles. The van der Waals surface area contributed by atoms with Crippen LogP contribution in [-0.4, -0.2) is 78.9 Å². The van der Waals surface area contributed by atoms with Crippen molar-refractivity contribution in [1.29, 1.82) is 0 Å². The molecule has 2 atom stereocenters. The van der Waals surface area contributed by atoms with Crippen molar-refractivity contribution in [2.24, 2.45) is 5.92 Å². The van der Waals surface area contributed by atoms with Gasteiger partial charge in [0.25, 0.3) is 5.91 Å². The zero-order valence-corrected chi connectivity index (χ0v) is 21.7. The molecule has 0 bridgehead atoms. The third-order valence-corrected chi connectivity index (χ3v) is 6.51. The summed E-state index contributed by atoms with van der Waals surface area (Å²) in [5, 5.41) is 0. The smallest absolute Gasteiger partial charge is 0.316 e. The number of likely N-dealkylation sites (tertiary alicyclic amines) is 1. The van der Waals surface area contributed by atoms with Crippen LogP contribution in [0, 0.1) is 5.92 Å².